The Balaban J connectivity index is 0.00000400. The van der Waals surface area contributed by atoms with Crippen molar-refractivity contribution in [2.45, 2.75) is 38.8 Å². The summed E-state index contributed by atoms with van der Waals surface area (Å²) >= 11 is 0. The molecule has 1 aromatic rings. The van der Waals surface area contributed by atoms with Crippen LogP contribution in [0, 0.1) is 0 Å². The number of benzene rings is 1. The number of alkyl halides is 2. The highest BCUT2D eigenvalue weighted by atomic mass is 35.5. The van der Waals surface area contributed by atoms with E-state index in [0.717, 1.165) is 0 Å². The van der Waals surface area contributed by atoms with Crippen LogP contribution in [-0.2, 0) is 9.53 Å². The van der Waals surface area contributed by atoms with Crippen LogP contribution >= 0.6 is 12.4 Å². The van der Waals surface area contributed by atoms with Crippen LogP contribution in [0.2, 0.25) is 0 Å². The molecule has 0 heterocycles. The molecule has 0 spiro atoms. The summed E-state index contributed by atoms with van der Waals surface area (Å²) in [7, 11) is 0. The van der Waals surface area contributed by atoms with Gasteiger partial charge in [-0.3, -0.25) is 0 Å². The number of esters is 1. The molecule has 0 aliphatic carbocycles. The summed E-state index contributed by atoms with van der Waals surface area (Å²) in [6.45, 7) is 5.04. The highest BCUT2D eigenvalue weighted by molar-refractivity contribution is 5.85. The van der Waals surface area contributed by atoms with Gasteiger partial charge in [-0.25, -0.2) is 4.79 Å². The molecule has 0 aromatic heterocycles. The normalized spacial score (nSPS) is 12.5. The summed E-state index contributed by atoms with van der Waals surface area (Å²) in [5, 5.41) is 0. The van der Waals surface area contributed by atoms with Crippen molar-refractivity contribution in [2.75, 3.05) is 6.61 Å². The van der Waals surface area contributed by atoms with Gasteiger partial charge in [0.25, 0.3) is 0 Å². The summed E-state index contributed by atoms with van der Waals surface area (Å²) in [5.41, 5.74) is 5.60. The zero-order chi connectivity index (χ0) is 15.3. The van der Waals surface area contributed by atoms with E-state index in [1.807, 2.05) is 13.8 Å². The molecular weight excluding hydrogens is 304 g/mol. The lowest BCUT2D eigenvalue weighted by molar-refractivity contribution is -0.174. The molecule has 7 heteroatoms. The molecule has 0 amide bonds. The molecule has 4 nitrogen and oxygen atoms in total. The van der Waals surface area contributed by atoms with E-state index in [-0.39, 0.29) is 30.7 Å². The van der Waals surface area contributed by atoms with E-state index in [1.54, 1.807) is 0 Å². The van der Waals surface area contributed by atoms with Crippen molar-refractivity contribution in [3.63, 3.8) is 0 Å². The van der Waals surface area contributed by atoms with Crippen LogP contribution in [0.3, 0.4) is 0 Å². The van der Waals surface area contributed by atoms with Crippen molar-refractivity contribution < 1.29 is 23.0 Å². The summed E-state index contributed by atoms with van der Waals surface area (Å²) in [4.78, 5) is 11.2. The number of carbonyl (C=O) groups excluding carboxylic acids is 1. The van der Waals surface area contributed by atoms with E-state index in [2.05, 4.69) is 4.74 Å². The molecule has 0 saturated carbocycles. The summed E-state index contributed by atoms with van der Waals surface area (Å²) in [6.07, 6.45) is -0.0181. The highest BCUT2D eigenvalue weighted by Crippen LogP contribution is 2.31. The Bertz CT molecular complexity index is 452. The van der Waals surface area contributed by atoms with Crippen LogP contribution in [0.4, 0.5) is 8.78 Å². The van der Waals surface area contributed by atoms with E-state index in [9.17, 15) is 13.6 Å². The first-order chi connectivity index (χ1) is 9.28. The predicted octanol–water partition coefficient (Wildman–Crippen LogP) is 3.09. The van der Waals surface area contributed by atoms with Crippen molar-refractivity contribution in [1.82, 2.24) is 0 Å². The third-order valence-corrected chi connectivity index (χ3v) is 2.55. The lowest BCUT2D eigenvalue weighted by atomic mass is 10.0. The van der Waals surface area contributed by atoms with Gasteiger partial charge < -0.3 is 15.2 Å². The van der Waals surface area contributed by atoms with Gasteiger partial charge in [0.05, 0.1) is 12.7 Å². The van der Waals surface area contributed by atoms with Crippen molar-refractivity contribution in [1.29, 1.82) is 0 Å². The van der Waals surface area contributed by atoms with Gasteiger partial charge in [0, 0.05) is 0 Å². The second kappa shape index (κ2) is 8.14. The molecule has 120 valence electrons. The van der Waals surface area contributed by atoms with Crippen molar-refractivity contribution >= 4 is 18.4 Å². The topological polar surface area (TPSA) is 61.5 Å². The minimum Gasteiger partial charge on any atom is -0.491 e. The first-order valence-corrected chi connectivity index (χ1v) is 6.36. The molecule has 1 atom stereocenters. The second-order valence-electron chi connectivity index (χ2n) is 4.56. The van der Waals surface area contributed by atoms with Gasteiger partial charge in [0.2, 0.25) is 0 Å². The van der Waals surface area contributed by atoms with E-state index in [4.69, 9.17) is 10.5 Å². The number of carbonyl (C=O) groups is 1. The van der Waals surface area contributed by atoms with Crippen LogP contribution in [0.5, 0.6) is 5.75 Å². The maximum absolute atomic E-state index is 13.8. The first-order valence-electron chi connectivity index (χ1n) is 6.36. The smallest absolute Gasteiger partial charge is 0.379 e. The van der Waals surface area contributed by atoms with Crippen molar-refractivity contribution in [3.05, 3.63) is 29.8 Å². The Morgan fingerprint density at radius 2 is 1.81 bits per heavy atom. The summed E-state index contributed by atoms with van der Waals surface area (Å²) < 4.78 is 37.3. The van der Waals surface area contributed by atoms with Crippen LogP contribution in [0.1, 0.15) is 32.4 Å². The fourth-order valence-corrected chi connectivity index (χ4v) is 1.59. The van der Waals surface area contributed by atoms with E-state index in [0.29, 0.717) is 5.75 Å². The van der Waals surface area contributed by atoms with Gasteiger partial charge in [-0.2, -0.15) is 8.78 Å². The van der Waals surface area contributed by atoms with Crippen LogP contribution in [0.15, 0.2) is 24.3 Å². The Kier molecular flexibility index (Phi) is 7.60. The molecule has 0 bridgehead atoms. The SMILES string of the molecule is CCOC(=O)C(F)(F)[C@@H](N)c1ccc(OC(C)C)cc1.Cl. The monoisotopic (exact) mass is 323 g/mol. The van der Waals surface area contributed by atoms with Crippen molar-refractivity contribution in [3.8, 4) is 5.75 Å². The number of rotatable bonds is 6. The van der Waals surface area contributed by atoms with Crippen LogP contribution < -0.4 is 10.5 Å². The Morgan fingerprint density at radius 1 is 1.29 bits per heavy atom. The summed E-state index contributed by atoms with van der Waals surface area (Å²) in [5.74, 6) is -4.83. The number of hydrogen-bond acceptors (Lipinski definition) is 4. The van der Waals surface area contributed by atoms with Gasteiger partial charge in [-0.05, 0) is 38.5 Å². The van der Waals surface area contributed by atoms with E-state index >= 15 is 0 Å². The quantitative estimate of drug-likeness (QED) is 0.817. The minimum atomic E-state index is -3.77. The van der Waals surface area contributed by atoms with Gasteiger partial charge in [0.1, 0.15) is 11.8 Å². The standard InChI is InChI=1S/C14H19F2NO3.ClH/c1-4-19-13(18)14(15,16)12(17)10-5-7-11(8-6-10)20-9(2)3;/h5-9,12H,4,17H2,1-3H3;1H/t12-;/m0./s1. The number of ether oxygens (including phenoxy) is 2. The van der Waals surface area contributed by atoms with E-state index < -0.39 is 17.9 Å². The van der Waals surface area contributed by atoms with Gasteiger partial charge in [-0.15, -0.1) is 12.4 Å². The molecule has 2 N–H and O–H groups in total. The summed E-state index contributed by atoms with van der Waals surface area (Å²) in [6, 6.07) is 4.15. The maximum atomic E-state index is 13.8. The molecular formula is C14H20ClF2NO3. The molecule has 0 radical (unpaired) electrons. The first kappa shape index (κ1) is 19.6. The maximum Gasteiger partial charge on any atom is 0.379 e. The fraction of sp³-hybridized carbons (Fsp3) is 0.500. The molecule has 1 aromatic carbocycles. The molecule has 0 aliphatic heterocycles. The lowest BCUT2D eigenvalue weighted by Gasteiger charge is -2.22. The Morgan fingerprint density at radius 3 is 2.24 bits per heavy atom. The molecule has 0 saturated heterocycles. The number of halogens is 3. The molecule has 0 fully saturated rings. The molecule has 0 unspecified atom stereocenters. The average molecular weight is 324 g/mol. The van der Waals surface area contributed by atoms with Crippen LogP contribution in [-0.4, -0.2) is 24.6 Å². The van der Waals surface area contributed by atoms with Gasteiger partial charge in [-0.1, -0.05) is 12.1 Å². The zero-order valence-corrected chi connectivity index (χ0v) is 13.0. The average Bonchev–Trinajstić information content (AvgIpc) is 2.38. The third-order valence-electron chi connectivity index (χ3n) is 2.55. The molecule has 21 heavy (non-hydrogen) atoms. The largest absolute Gasteiger partial charge is 0.491 e. The predicted molar refractivity (Wildman–Crippen MR) is 78.0 cm³/mol. The Labute approximate surface area is 129 Å². The van der Waals surface area contributed by atoms with Gasteiger partial charge >= 0.3 is 11.9 Å². The van der Waals surface area contributed by atoms with E-state index in [1.165, 1.54) is 31.2 Å². The second-order valence-corrected chi connectivity index (χ2v) is 4.56. The fourth-order valence-electron chi connectivity index (χ4n) is 1.59. The highest BCUT2D eigenvalue weighted by Gasteiger charge is 2.47. The number of nitrogens with two attached hydrogens (primary N) is 1. The zero-order valence-electron chi connectivity index (χ0n) is 12.1. The number of hydrogen-bond donors (Lipinski definition) is 1. The minimum absolute atomic E-state index is 0. The van der Waals surface area contributed by atoms with Crippen LogP contribution in [0.25, 0.3) is 0 Å². The Hall–Kier alpha value is -1.40. The van der Waals surface area contributed by atoms with Crippen molar-refractivity contribution in [2.24, 2.45) is 5.73 Å². The molecule has 0 aliphatic rings. The lowest BCUT2D eigenvalue weighted by Crippen LogP contribution is -2.41. The third kappa shape index (κ3) is 5.13. The van der Waals surface area contributed by atoms with Gasteiger partial charge in [0.15, 0.2) is 0 Å². The molecule has 1 rings (SSSR count).